The summed E-state index contributed by atoms with van der Waals surface area (Å²) in [4.78, 5) is 11.9. The number of nitrogens with zero attached hydrogens (tertiary/aromatic N) is 1. The van der Waals surface area contributed by atoms with E-state index in [-0.39, 0.29) is 5.97 Å². The van der Waals surface area contributed by atoms with Crippen LogP contribution in [-0.2, 0) is 9.53 Å². The van der Waals surface area contributed by atoms with Gasteiger partial charge in [-0.05, 0) is 33.1 Å². The van der Waals surface area contributed by atoms with Gasteiger partial charge in [0.05, 0.1) is 17.2 Å². The standard InChI is InChI=1S/C11H16N2O2S/c1-10(2,3)15-9(14)8-11(4,13)7(5-12)6-16-8/h6,8H,13H2,1-4H3. The number of rotatable bonds is 1. The number of esters is 1. The Kier molecular flexibility index (Phi) is 3.36. The fraction of sp³-hybridized carbons (Fsp3) is 0.636. The van der Waals surface area contributed by atoms with Crippen LogP contribution in [0.2, 0.25) is 0 Å². The van der Waals surface area contributed by atoms with Crippen LogP contribution >= 0.6 is 11.8 Å². The lowest BCUT2D eigenvalue weighted by atomic mass is 9.91. The van der Waals surface area contributed by atoms with E-state index in [1.165, 1.54) is 11.8 Å². The van der Waals surface area contributed by atoms with Gasteiger partial charge in [-0.15, -0.1) is 11.8 Å². The minimum Gasteiger partial charge on any atom is -0.459 e. The smallest absolute Gasteiger partial charge is 0.322 e. The lowest BCUT2D eigenvalue weighted by Crippen LogP contribution is -2.50. The maximum atomic E-state index is 11.9. The van der Waals surface area contributed by atoms with Gasteiger partial charge in [-0.25, -0.2) is 0 Å². The molecule has 1 heterocycles. The van der Waals surface area contributed by atoms with E-state index in [0.29, 0.717) is 5.57 Å². The van der Waals surface area contributed by atoms with E-state index < -0.39 is 16.4 Å². The van der Waals surface area contributed by atoms with Crippen LogP contribution in [0.4, 0.5) is 0 Å². The Morgan fingerprint density at radius 1 is 1.69 bits per heavy atom. The van der Waals surface area contributed by atoms with E-state index in [0.717, 1.165) is 0 Å². The second-order valence-electron chi connectivity index (χ2n) is 4.98. The number of ether oxygens (including phenoxy) is 1. The minimum atomic E-state index is -0.943. The van der Waals surface area contributed by atoms with Crippen molar-refractivity contribution in [2.75, 3.05) is 0 Å². The molecular formula is C11H16N2O2S. The quantitative estimate of drug-likeness (QED) is 0.704. The molecule has 0 aliphatic carbocycles. The molecule has 4 nitrogen and oxygen atoms in total. The van der Waals surface area contributed by atoms with Crippen LogP contribution < -0.4 is 5.73 Å². The van der Waals surface area contributed by atoms with Crippen molar-refractivity contribution in [2.24, 2.45) is 5.73 Å². The van der Waals surface area contributed by atoms with Crippen LogP contribution in [0.25, 0.3) is 0 Å². The summed E-state index contributed by atoms with van der Waals surface area (Å²) in [5, 5.41) is 9.96. The normalized spacial score (nSPS) is 29.5. The number of hydrogen-bond donors (Lipinski definition) is 1. The highest BCUT2D eigenvalue weighted by Gasteiger charge is 2.45. The van der Waals surface area contributed by atoms with E-state index in [1.807, 2.05) is 6.07 Å². The van der Waals surface area contributed by atoms with Crippen LogP contribution in [-0.4, -0.2) is 22.4 Å². The predicted octanol–water partition coefficient (Wildman–Crippen LogP) is 1.57. The predicted molar refractivity (Wildman–Crippen MR) is 63.5 cm³/mol. The number of carbonyl (C=O) groups excluding carboxylic acids is 1. The fourth-order valence-electron chi connectivity index (χ4n) is 1.35. The Morgan fingerprint density at radius 2 is 2.25 bits per heavy atom. The summed E-state index contributed by atoms with van der Waals surface area (Å²) in [6.07, 6.45) is 0. The molecule has 0 aromatic carbocycles. The molecule has 2 unspecified atom stereocenters. The SMILES string of the molecule is CC(C)(C)OC(=O)C1SC=C(C#N)C1(C)N. The van der Waals surface area contributed by atoms with Gasteiger partial charge in [0.2, 0.25) is 0 Å². The number of nitrogens with two attached hydrogens (primary N) is 1. The average Bonchev–Trinajstić information content (AvgIpc) is 2.36. The van der Waals surface area contributed by atoms with Gasteiger partial charge in [-0.2, -0.15) is 5.26 Å². The first-order chi connectivity index (χ1) is 7.18. The van der Waals surface area contributed by atoms with E-state index in [2.05, 4.69) is 0 Å². The molecule has 0 fully saturated rings. The first-order valence-electron chi connectivity index (χ1n) is 4.96. The van der Waals surface area contributed by atoms with Crippen molar-refractivity contribution in [3.63, 3.8) is 0 Å². The van der Waals surface area contributed by atoms with E-state index >= 15 is 0 Å². The summed E-state index contributed by atoms with van der Waals surface area (Å²) >= 11 is 1.25. The summed E-state index contributed by atoms with van der Waals surface area (Å²) in [5.74, 6) is -0.371. The molecule has 0 spiro atoms. The topological polar surface area (TPSA) is 76.1 Å². The first-order valence-corrected chi connectivity index (χ1v) is 5.90. The third-order valence-corrected chi connectivity index (χ3v) is 3.51. The zero-order valence-electron chi connectivity index (χ0n) is 9.90. The van der Waals surface area contributed by atoms with Crippen molar-refractivity contribution in [1.82, 2.24) is 0 Å². The zero-order chi connectivity index (χ0) is 12.6. The highest BCUT2D eigenvalue weighted by molar-refractivity contribution is 8.03. The molecule has 1 aliphatic heterocycles. The van der Waals surface area contributed by atoms with Gasteiger partial charge in [0, 0.05) is 0 Å². The minimum absolute atomic E-state index is 0.371. The Bertz CT molecular complexity index is 374. The third kappa shape index (κ3) is 2.57. The summed E-state index contributed by atoms with van der Waals surface area (Å²) in [6.45, 7) is 7.08. The van der Waals surface area contributed by atoms with Crippen molar-refractivity contribution in [1.29, 1.82) is 5.26 Å². The van der Waals surface area contributed by atoms with Crippen LogP contribution in [0.1, 0.15) is 27.7 Å². The van der Waals surface area contributed by atoms with Gasteiger partial charge in [0.15, 0.2) is 0 Å². The molecule has 0 amide bonds. The number of hydrogen-bond acceptors (Lipinski definition) is 5. The molecule has 88 valence electrons. The maximum Gasteiger partial charge on any atom is 0.322 e. The van der Waals surface area contributed by atoms with E-state index in [4.69, 9.17) is 15.7 Å². The highest BCUT2D eigenvalue weighted by atomic mass is 32.2. The monoisotopic (exact) mass is 240 g/mol. The van der Waals surface area contributed by atoms with Gasteiger partial charge >= 0.3 is 5.97 Å². The number of carbonyl (C=O) groups is 1. The fourth-order valence-corrected chi connectivity index (χ4v) is 2.50. The lowest BCUT2D eigenvalue weighted by molar-refractivity contribution is -0.154. The van der Waals surface area contributed by atoms with E-state index in [9.17, 15) is 4.79 Å². The molecule has 0 radical (unpaired) electrons. The van der Waals surface area contributed by atoms with Gasteiger partial charge in [-0.1, -0.05) is 0 Å². The lowest BCUT2D eigenvalue weighted by Gasteiger charge is -2.28. The zero-order valence-corrected chi connectivity index (χ0v) is 10.7. The molecule has 2 atom stereocenters. The molecule has 0 saturated carbocycles. The summed E-state index contributed by atoms with van der Waals surface area (Å²) in [6, 6.07) is 2.01. The van der Waals surface area contributed by atoms with Crippen molar-refractivity contribution >= 4 is 17.7 Å². The Labute approximate surface area is 99.8 Å². The van der Waals surface area contributed by atoms with Crippen LogP contribution in [0.5, 0.6) is 0 Å². The Morgan fingerprint density at radius 3 is 2.62 bits per heavy atom. The molecular weight excluding hydrogens is 224 g/mol. The van der Waals surface area contributed by atoms with Crippen molar-refractivity contribution in [3.05, 3.63) is 11.0 Å². The maximum absolute atomic E-state index is 11.9. The third-order valence-electron chi connectivity index (χ3n) is 2.19. The van der Waals surface area contributed by atoms with Gasteiger partial charge in [0.25, 0.3) is 0 Å². The highest BCUT2D eigenvalue weighted by Crippen LogP contribution is 2.38. The first kappa shape index (κ1) is 13.1. The number of nitriles is 1. The Hall–Kier alpha value is -0.990. The molecule has 1 rings (SSSR count). The molecule has 0 aromatic heterocycles. The second-order valence-corrected chi connectivity index (χ2v) is 5.95. The second kappa shape index (κ2) is 4.11. The molecule has 1 aliphatic rings. The van der Waals surface area contributed by atoms with E-state index in [1.54, 1.807) is 33.1 Å². The van der Waals surface area contributed by atoms with Crippen molar-refractivity contribution in [3.8, 4) is 6.07 Å². The molecule has 0 bridgehead atoms. The Balaban J connectivity index is 2.80. The molecule has 16 heavy (non-hydrogen) atoms. The van der Waals surface area contributed by atoms with Crippen LogP contribution in [0.3, 0.4) is 0 Å². The number of thioether (sulfide) groups is 1. The summed E-state index contributed by atoms with van der Waals surface area (Å²) < 4.78 is 5.27. The largest absolute Gasteiger partial charge is 0.459 e. The van der Waals surface area contributed by atoms with Gasteiger partial charge < -0.3 is 10.5 Å². The summed E-state index contributed by atoms with van der Waals surface area (Å²) in [5.41, 5.74) is 4.93. The average molecular weight is 240 g/mol. The summed E-state index contributed by atoms with van der Waals surface area (Å²) in [7, 11) is 0. The van der Waals surface area contributed by atoms with Gasteiger partial charge in [0.1, 0.15) is 10.9 Å². The molecule has 5 heteroatoms. The van der Waals surface area contributed by atoms with Gasteiger partial charge in [-0.3, -0.25) is 4.79 Å². The van der Waals surface area contributed by atoms with Crippen molar-refractivity contribution < 1.29 is 9.53 Å². The van der Waals surface area contributed by atoms with Crippen molar-refractivity contribution in [2.45, 2.75) is 44.1 Å². The van der Waals surface area contributed by atoms with Crippen LogP contribution in [0.15, 0.2) is 11.0 Å². The molecule has 2 N–H and O–H groups in total. The van der Waals surface area contributed by atoms with Crippen LogP contribution in [0, 0.1) is 11.3 Å². The molecule has 0 aromatic rings. The molecule has 0 saturated heterocycles.